The third-order valence-electron chi connectivity index (χ3n) is 3.12. The van der Waals surface area contributed by atoms with Crippen LogP contribution in [-0.2, 0) is 11.3 Å². The van der Waals surface area contributed by atoms with Crippen LogP contribution in [0, 0.1) is 0 Å². The van der Waals surface area contributed by atoms with Crippen LogP contribution in [0.3, 0.4) is 0 Å². The number of halogens is 1. The van der Waals surface area contributed by atoms with Gasteiger partial charge in [0.1, 0.15) is 5.76 Å². The van der Waals surface area contributed by atoms with Crippen LogP contribution in [-0.4, -0.2) is 24.4 Å². The molecule has 114 valence electrons. The van der Waals surface area contributed by atoms with E-state index in [9.17, 15) is 5.11 Å². The highest BCUT2D eigenvalue weighted by molar-refractivity contribution is 6.30. The van der Waals surface area contributed by atoms with Crippen LogP contribution in [0.1, 0.15) is 24.3 Å². The zero-order chi connectivity index (χ0) is 15.1. The molecule has 2 unspecified atom stereocenters. The first-order valence-corrected chi connectivity index (χ1v) is 7.30. The fourth-order valence-electron chi connectivity index (χ4n) is 1.90. The van der Waals surface area contributed by atoms with E-state index in [4.69, 9.17) is 20.8 Å². The van der Waals surface area contributed by atoms with Crippen molar-refractivity contribution < 1.29 is 14.3 Å². The summed E-state index contributed by atoms with van der Waals surface area (Å²) in [4.78, 5) is 0. The van der Waals surface area contributed by atoms with Gasteiger partial charge in [-0.2, -0.15) is 0 Å². The maximum Gasteiger partial charge on any atom is 0.120 e. The smallest absolute Gasteiger partial charge is 0.120 e. The third kappa shape index (κ3) is 5.52. The van der Waals surface area contributed by atoms with Crippen LogP contribution >= 0.6 is 11.6 Å². The number of aliphatic hydroxyl groups excluding tert-OH is 1. The molecule has 0 amide bonds. The Bertz CT molecular complexity index is 513. The fourth-order valence-corrected chi connectivity index (χ4v) is 2.03. The van der Waals surface area contributed by atoms with Crippen molar-refractivity contribution in [1.29, 1.82) is 0 Å². The van der Waals surface area contributed by atoms with Gasteiger partial charge in [0.05, 0.1) is 31.6 Å². The maximum absolute atomic E-state index is 9.88. The van der Waals surface area contributed by atoms with Crippen molar-refractivity contribution in [2.24, 2.45) is 0 Å². The molecule has 0 aliphatic rings. The van der Waals surface area contributed by atoms with Gasteiger partial charge in [-0.1, -0.05) is 23.7 Å². The second-order valence-electron chi connectivity index (χ2n) is 4.94. The Kier molecular flexibility index (Phi) is 6.26. The van der Waals surface area contributed by atoms with E-state index < -0.39 is 6.10 Å². The number of aliphatic hydroxyl groups is 1. The predicted molar refractivity (Wildman–Crippen MR) is 82.2 cm³/mol. The van der Waals surface area contributed by atoms with Gasteiger partial charge in [-0.3, -0.25) is 0 Å². The second kappa shape index (κ2) is 8.20. The summed E-state index contributed by atoms with van der Waals surface area (Å²) in [5.74, 6) is 0.851. The van der Waals surface area contributed by atoms with Crippen molar-refractivity contribution in [2.75, 3.05) is 13.2 Å². The first-order valence-electron chi connectivity index (χ1n) is 6.92. The van der Waals surface area contributed by atoms with Crippen molar-refractivity contribution in [3.63, 3.8) is 0 Å². The van der Waals surface area contributed by atoms with Gasteiger partial charge in [-0.15, -0.1) is 0 Å². The summed E-state index contributed by atoms with van der Waals surface area (Å²) in [6.07, 6.45) is 1.08. The van der Waals surface area contributed by atoms with Crippen LogP contribution in [0.5, 0.6) is 0 Å². The van der Waals surface area contributed by atoms with Crippen LogP contribution in [0.4, 0.5) is 0 Å². The van der Waals surface area contributed by atoms with Crippen molar-refractivity contribution >= 4 is 11.6 Å². The van der Waals surface area contributed by atoms with Gasteiger partial charge in [0.15, 0.2) is 0 Å². The molecule has 0 aliphatic carbocycles. The summed E-state index contributed by atoms with van der Waals surface area (Å²) < 4.78 is 10.8. The highest BCUT2D eigenvalue weighted by Gasteiger charge is 2.10. The largest absolute Gasteiger partial charge is 0.468 e. The molecule has 0 aliphatic heterocycles. The highest BCUT2D eigenvalue weighted by atomic mass is 35.5. The minimum atomic E-state index is -0.560. The Hall–Kier alpha value is -1.33. The van der Waals surface area contributed by atoms with E-state index in [1.165, 1.54) is 0 Å². The highest BCUT2D eigenvalue weighted by Crippen LogP contribution is 2.12. The summed E-state index contributed by atoms with van der Waals surface area (Å²) in [7, 11) is 0. The molecule has 0 bridgehead atoms. The molecule has 1 aromatic heterocycles. The summed E-state index contributed by atoms with van der Waals surface area (Å²) in [6, 6.07) is 11.3. The number of nitrogens with one attached hydrogen (secondary N) is 1. The third-order valence-corrected chi connectivity index (χ3v) is 3.37. The monoisotopic (exact) mass is 309 g/mol. The van der Waals surface area contributed by atoms with E-state index in [0.29, 0.717) is 18.2 Å². The number of hydrogen-bond donors (Lipinski definition) is 2. The lowest BCUT2D eigenvalue weighted by molar-refractivity contribution is 0.0275. The number of rotatable bonds is 8. The molecule has 0 radical (unpaired) electrons. The van der Waals surface area contributed by atoms with E-state index in [1.807, 2.05) is 43.3 Å². The standard InChI is InChI=1S/C16H20ClNO3/c1-12(16-3-2-8-21-16)18-9-15(19)11-20-10-13-4-6-14(17)7-5-13/h2-8,12,15,18-19H,9-11H2,1H3. The molecule has 2 N–H and O–H groups in total. The van der Waals surface area contributed by atoms with E-state index in [-0.39, 0.29) is 12.6 Å². The van der Waals surface area contributed by atoms with Crippen molar-refractivity contribution in [3.8, 4) is 0 Å². The average molecular weight is 310 g/mol. The van der Waals surface area contributed by atoms with E-state index in [1.54, 1.807) is 6.26 Å². The lowest BCUT2D eigenvalue weighted by Gasteiger charge is -2.15. The lowest BCUT2D eigenvalue weighted by Crippen LogP contribution is -2.32. The molecular weight excluding hydrogens is 290 g/mol. The predicted octanol–water partition coefficient (Wildman–Crippen LogP) is 3.16. The molecule has 4 nitrogen and oxygen atoms in total. The maximum atomic E-state index is 9.88. The Morgan fingerprint density at radius 3 is 2.71 bits per heavy atom. The molecule has 1 heterocycles. The van der Waals surface area contributed by atoms with Gasteiger partial charge >= 0.3 is 0 Å². The Morgan fingerprint density at radius 1 is 1.29 bits per heavy atom. The summed E-state index contributed by atoms with van der Waals surface area (Å²) >= 11 is 5.81. The van der Waals surface area contributed by atoms with Crippen LogP contribution < -0.4 is 5.32 Å². The van der Waals surface area contributed by atoms with Gasteiger partial charge in [0.2, 0.25) is 0 Å². The summed E-state index contributed by atoms with van der Waals surface area (Å²) in [5.41, 5.74) is 1.03. The molecule has 5 heteroatoms. The average Bonchev–Trinajstić information content (AvgIpc) is 3.01. The normalized spacial score (nSPS) is 14.0. The molecule has 0 fully saturated rings. The molecule has 1 aromatic carbocycles. The summed E-state index contributed by atoms with van der Waals surface area (Å²) in [6.45, 7) is 3.17. The SMILES string of the molecule is CC(NCC(O)COCc1ccc(Cl)cc1)c1ccco1. The molecular formula is C16H20ClNO3. The minimum Gasteiger partial charge on any atom is -0.468 e. The zero-order valence-corrected chi connectivity index (χ0v) is 12.7. The lowest BCUT2D eigenvalue weighted by atomic mass is 10.2. The fraction of sp³-hybridized carbons (Fsp3) is 0.375. The van der Waals surface area contributed by atoms with Crippen molar-refractivity contribution in [1.82, 2.24) is 5.32 Å². The first-order chi connectivity index (χ1) is 10.1. The molecule has 2 atom stereocenters. The van der Waals surface area contributed by atoms with Crippen LogP contribution in [0.15, 0.2) is 47.1 Å². The Morgan fingerprint density at radius 2 is 2.05 bits per heavy atom. The molecule has 21 heavy (non-hydrogen) atoms. The van der Waals surface area contributed by atoms with Gasteiger partial charge < -0.3 is 19.6 Å². The van der Waals surface area contributed by atoms with Gasteiger partial charge in [-0.25, -0.2) is 0 Å². The Balaban J connectivity index is 1.63. The minimum absolute atomic E-state index is 0.0610. The van der Waals surface area contributed by atoms with Crippen molar-refractivity contribution in [2.45, 2.75) is 25.7 Å². The zero-order valence-electron chi connectivity index (χ0n) is 12.0. The second-order valence-corrected chi connectivity index (χ2v) is 5.38. The van der Waals surface area contributed by atoms with E-state index >= 15 is 0 Å². The van der Waals surface area contributed by atoms with Gasteiger partial charge in [0.25, 0.3) is 0 Å². The molecule has 0 saturated carbocycles. The molecule has 2 rings (SSSR count). The first kappa shape index (κ1) is 16.0. The number of furan rings is 1. The quantitative estimate of drug-likeness (QED) is 0.786. The van der Waals surface area contributed by atoms with Crippen molar-refractivity contribution in [3.05, 3.63) is 59.0 Å². The van der Waals surface area contributed by atoms with E-state index in [2.05, 4.69) is 5.32 Å². The number of hydrogen-bond acceptors (Lipinski definition) is 4. The molecule has 2 aromatic rings. The molecule has 0 spiro atoms. The molecule has 0 saturated heterocycles. The number of ether oxygens (including phenoxy) is 1. The number of benzene rings is 1. The Labute approximate surface area is 129 Å². The summed E-state index contributed by atoms with van der Waals surface area (Å²) in [5, 5.41) is 13.8. The van der Waals surface area contributed by atoms with Crippen LogP contribution in [0.25, 0.3) is 0 Å². The van der Waals surface area contributed by atoms with Crippen LogP contribution in [0.2, 0.25) is 5.02 Å². The van der Waals surface area contributed by atoms with Gasteiger partial charge in [0, 0.05) is 11.6 Å². The van der Waals surface area contributed by atoms with E-state index in [0.717, 1.165) is 11.3 Å². The van der Waals surface area contributed by atoms with Gasteiger partial charge in [-0.05, 0) is 36.8 Å². The topological polar surface area (TPSA) is 54.6 Å².